The summed E-state index contributed by atoms with van der Waals surface area (Å²) in [6.45, 7) is 2.90. The minimum atomic E-state index is 0.333. The topological polar surface area (TPSA) is 26.0 Å². The van der Waals surface area contributed by atoms with Crippen molar-refractivity contribution in [3.05, 3.63) is 64.2 Å². The van der Waals surface area contributed by atoms with E-state index in [1.54, 1.807) is 0 Å². The van der Waals surface area contributed by atoms with E-state index in [2.05, 4.69) is 37.3 Å². The number of hydrogen-bond donors (Lipinski definition) is 1. The smallest absolute Gasteiger partial charge is 0.0544 e. The Bertz CT molecular complexity index is 626. The maximum atomic E-state index is 6.42. The van der Waals surface area contributed by atoms with Crippen molar-refractivity contribution in [2.45, 2.75) is 23.5 Å². The van der Waals surface area contributed by atoms with E-state index in [9.17, 15) is 0 Å². The molecular weight excluding hydrogens is 286 g/mol. The molecule has 1 heterocycles. The van der Waals surface area contributed by atoms with Crippen LogP contribution in [-0.2, 0) is 5.75 Å². The molecule has 0 saturated carbocycles. The summed E-state index contributed by atoms with van der Waals surface area (Å²) >= 11 is 8.26. The molecule has 2 unspecified atom stereocenters. The summed E-state index contributed by atoms with van der Waals surface area (Å²) in [5, 5.41) is 0.856. The van der Waals surface area contributed by atoms with Crippen LogP contribution in [0.2, 0.25) is 5.02 Å². The van der Waals surface area contributed by atoms with Gasteiger partial charge in [-0.1, -0.05) is 54.9 Å². The third-order valence-electron chi connectivity index (χ3n) is 4.04. The number of hydrogen-bond acceptors (Lipinski definition) is 2. The van der Waals surface area contributed by atoms with Gasteiger partial charge in [0.05, 0.1) is 5.02 Å². The first-order valence-electron chi connectivity index (χ1n) is 6.91. The molecule has 0 aromatic heterocycles. The summed E-state index contributed by atoms with van der Waals surface area (Å²) in [5.74, 6) is 1.70. The van der Waals surface area contributed by atoms with Crippen molar-refractivity contribution in [3.8, 4) is 0 Å². The van der Waals surface area contributed by atoms with Gasteiger partial charge in [0.2, 0.25) is 0 Å². The molecule has 0 bridgehead atoms. The number of benzene rings is 2. The van der Waals surface area contributed by atoms with E-state index < -0.39 is 0 Å². The van der Waals surface area contributed by atoms with Crippen molar-refractivity contribution < 1.29 is 0 Å². The summed E-state index contributed by atoms with van der Waals surface area (Å²) in [6, 6.07) is 14.9. The van der Waals surface area contributed by atoms with Gasteiger partial charge < -0.3 is 5.73 Å². The van der Waals surface area contributed by atoms with E-state index >= 15 is 0 Å². The van der Waals surface area contributed by atoms with Gasteiger partial charge in [0.25, 0.3) is 0 Å². The number of rotatable bonds is 2. The Labute approximate surface area is 129 Å². The lowest BCUT2D eigenvalue weighted by Crippen LogP contribution is -2.21. The average molecular weight is 304 g/mol. The van der Waals surface area contributed by atoms with Crippen LogP contribution in [0.25, 0.3) is 0 Å². The predicted molar refractivity (Wildman–Crippen MR) is 87.5 cm³/mol. The lowest BCUT2D eigenvalue weighted by atomic mass is 9.80. The Kier molecular flexibility index (Phi) is 4.06. The van der Waals surface area contributed by atoms with E-state index in [4.69, 9.17) is 17.3 Å². The van der Waals surface area contributed by atoms with Gasteiger partial charge in [-0.25, -0.2) is 0 Å². The van der Waals surface area contributed by atoms with E-state index in [1.165, 1.54) is 21.6 Å². The SMILES string of the molecule is CC(CN)C1c2ccccc2CSc2c(Cl)cccc21. The van der Waals surface area contributed by atoms with Crippen molar-refractivity contribution in [3.63, 3.8) is 0 Å². The molecule has 104 valence electrons. The van der Waals surface area contributed by atoms with Crippen LogP contribution in [-0.4, -0.2) is 6.54 Å². The summed E-state index contributed by atoms with van der Waals surface area (Å²) in [5.41, 5.74) is 10.1. The molecule has 1 nitrogen and oxygen atoms in total. The lowest BCUT2D eigenvalue weighted by Gasteiger charge is -2.25. The minimum Gasteiger partial charge on any atom is -0.330 e. The molecule has 1 aliphatic heterocycles. The van der Waals surface area contributed by atoms with Crippen LogP contribution in [0.4, 0.5) is 0 Å². The second kappa shape index (κ2) is 5.80. The van der Waals surface area contributed by atoms with Crippen molar-refractivity contribution >= 4 is 23.4 Å². The predicted octanol–water partition coefficient (Wildman–Crippen LogP) is 4.67. The molecule has 2 aromatic rings. The molecule has 0 radical (unpaired) electrons. The highest BCUT2D eigenvalue weighted by Crippen LogP contribution is 2.46. The fourth-order valence-electron chi connectivity index (χ4n) is 2.96. The standard InChI is InChI=1S/C17H18ClNS/c1-11(9-19)16-13-6-3-2-5-12(13)10-20-17-14(16)7-4-8-15(17)18/h2-8,11,16H,9-10,19H2,1H3. The molecular formula is C17H18ClNS. The number of thioether (sulfide) groups is 1. The summed E-state index contributed by atoms with van der Waals surface area (Å²) in [4.78, 5) is 1.22. The Balaban J connectivity index is 2.22. The first-order valence-corrected chi connectivity index (χ1v) is 8.27. The minimum absolute atomic E-state index is 0.333. The van der Waals surface area contributed by atoms with Crippen LogP contribution in [0.1, 0.15) is 29.5 Å². The highest BCUT2D eigenvalue weighted by Gasteiger charge is 2.28. The van der Waals surface area contributed by atoms with Gasteiger partial charge in [-0.2, -0.15) is 0 Å². The lowest BCUT2D eigenvalue weighted by molar-refractivity contribution is 0.518. The molecule has 2 aromatic carbocycles. The zero-order chi connectivity index (χ0) is 14.1. The van der Waals surface area contributed by atoms with Crippen LogP contribution >= 0.6 is 23.4 Å². The summed E-state index contributed by atoms with van der Waals surface area (Å²) in [7, 11) is 0. The average Bonchev–Trinajstić information content (AvgIpc) is 2.64. The molecule has 3 rings (SSSR count). The van der Waals surface area contributed by atoms with Gasteiger partial charge in [0, 0.05) is 16.6 Å². The Morgan fingerprint density at radius 1 is 1.20 bits per heavy atom. The highest BCUT2D eigenvalue weighted by atomic mass is 35.5. The molecule has 0 saturated heterocycles. The molecule has 0 amide bonds. The highest BCUT2D eigenvalue weighted by molar-refractivity contribution is 7.98. The fourth-order valence-corrected chi connectivity index (χ4v) is 4.43. The number of nitrogens with two attached hydrogens (primary N) is 1. The third-order valence-corrected chi connectivity index (χ3v) is 5.66. The molecule has 2 N–H and O–H groups in total. The number of halogens is 1. The van der Waals surface area contributed by atoms with E-state index in [-0.39, 0.29) is 0 Å². The molecule has 2 atom stereocenters. The fraction of sp³-hybridized carbons (Fsp3) is 0.294. The van der Waals surface area contributed by atoms with Crippen LogP contribution in [0.3, 0.4) is 0 Å². The van der Waals surface area contributed by atoms with Gasteiger partial charge in [0.15, 0.2) is 0 Å². The molecule has 0 aliphatic carbocycles. The first-order chi connectivity index (χ1) is 9.72. The van der Waals surface area contributed by atoms with Gasteiger partial charge in [-0.3, -0.25) is 0 Å². The van der Waals surface area contributed by atoms with E-state index in [0.717, 1.165) is 10.8 Å². The maximum absolute atomic E-state index is 6.42. The Hall–Kier alpha value is -0.960. The molecule has 20 heavy (non-hydrogen) atoms. The van der Waals surface area contributed by atoms with E-state index in [0.29, 0.717) is 18.4 Å². The molecule has 3 heteroatoms. The van der Waals surface area contributed by atoms with Crippen molar-refractivity contribution in [1.82, 2.24) is 0 Å². The largest absolute Gasteiger partial charge is 0.330 e. The Morgan fingerprint density at radius 2 is 1.95 bits per heavy atom. The van der Waals surface area contributed by atoms with Crippen molar-refractivity contribution in [2.24, 2.45) is 11.7 Å². The molecule has 1 aliphatic rings. The Morgan fingerprint density at radius 3 is 2.75 bits per heavy atom. The van der Waals surface area contributed by atoms with Gasteiger partial charge >= 0.3 is 0 Å². The van der Waals surface area contributed by atoms with Crippen molar-refractivity contribution in [1.29, 1.82) is 0 Å². The van der Waals surface area contributed by atoms with E-state index in [1.807, 2.05) is 23.9 Å². The van der Waals surface area contributed by atoms with Gasteiger partial charge in [0.1, 0.15) is 0 Å². The normalized spacial score (nSPS) is 18.9. The van der Waals surface area contributed by atoms with Crippen LogP contribution < -0.4 is 5.73 Å². The summed E-state index contributed by atoms with van der Waals surface area (Å²) < 4.78 is 0. The van der Waals surface area contributed by atoms with Crippen LogP contribution in [0.5, 0.6) is 0 Å². The first kappa shape index (κ1) is 14.0. The van der Waals surface area contributed by atoms with Crippen LogP contribution in [0.15, 0.2) is 47.4 Å². The zero-order valence-electron chi connectivity index (χ0n) is 11.5. The van der Waals surface area contributed by atoms with Crippen LogP contribution in [0, 0.1) is 5.92 Å². The number of fused-ring (bicyclic) bond motifs is 2. The summed E-state index contributed by atoms with van der Waals surface area (Å²) in [6.07, 6.45) is 0. The van der Waals surface area contributed by atoms with Gasteiger partial charge in [-0.15, -0.1) is 11.8 Å². The molecule has 0 fully saturated rings. The van der Waals surface area contributed by atoms with Crippen molar-refractivity contribution in [2.75, 3.05) is 6.54 Å². The second-order valence-corrected chi connectivity index (χ2v) is 6.73. The second-order valence-electron chi connectivity index (χ2n) is 5.34. The molecule has 0 spiro atoms. The quantitative estimate of drug-likeness (QED) is 0.872. The zero-order valence-corrected chi connectivity index (χ0v) is 13.0. The third kappa shape index (κ3) is 2.37. The maximum Gasteiger partial charge on any atom is 0.0544 e. The van der Waals surface area contributed by atoms with Gasteiger partial charge in [-0.05, 0) is 35.2 Å². The monoisotopic (exact) mass is 303 g/mol.